The van der Waals surface area contributed by atoms with Crippen LogP contribution in [0.2, 0.25) is 0 Å². The van der Waals surface area contributed by atoms with Gasteiger partial charge >= 0.3 is 0 Å². The number of benzene rings is 2. The molecule has 8 heteroatoms. The van der Waals surface area contributed by atoms with E-state index in [-0.39, 0.29) is 4.90 Å². The minimum absolute atomic E-state index is 0.178. The summed E-state index contributed by atoms with van der Waals surface area (Å²) in [5, 5.41) is 0. The zero-order valence-corrected chi connectivity index (χ0v) is 19.6. The molecule has 2 heterocycles. The molecule has 4 aromatic rings. The molecule has 30 heavy (non-hydrogen) atoms. The molecule has 0 aliphatic heterocycles. The van der Waals surface area contributed by atoms with Crippen molar-refractivity contribution in [2.24, 2.45) is 14.1 Å². The van der Waals surface area contributed by atoms with Gasteiger partial charge in [0.1, 0.15) is 28.9 Å². The molecule has 0 unspecified atom stereocenters. The number of thioether (sulfide) groups is 1. The SMILES string of the molecule is CSc1sc2cc(-c3ccc[n+](C)c3)ccc2[n+]1C.Cc1ccc(S(=O)(=O)[O-])cc1. The van der Waals surface area contributed by atoms with Crippen molar-refractivity contribution in [3.8, 4) is 11.1 Å². The Labute approximate surface area is 185 Å². The summed E-state index contributed by atoms with van der Waals surface area (Å²) < 4.78 is 38.2. The van der Waals surface area contributed by atoms with Gasteiger partial charge < -0.3 is 4.55 Å². The normalized spacial score (nSPS) is 11.2. The van der Waals surface area contributed by atoms with Crippen molar-refractivity contribution in [1.82, 2.24) is 0 Å². The Hall–Kier alpha value is -2.26. The average molecular weight is 460 g/mol. The van der Waals surface area contributed by atoms with Crippen LogP contribution < -0.4 is 9.13 Å². The number of nitrogens with zero attached hydrogens (tertiary/aromatic N) is 2. The first-order valence-electron chi connectivity index (χ1n) is 9.14. The van der Waals surface area contributed by atoms with E-state index < -0.39 is 10.1 Å². The molecule has 0 spiro atoms. The third-order valence-corrected chi connectivity index (χ3v) is 7.77. The first-order valence-corrected chi connectivity index (χ1v) is 12.6. The highest BCUT2D eigenvalue weighted by Crippen LogP contribution is 2.29. The first-order chi connectivity index (χ1) is 14.2. The minimum Gasteiger partial charge on any atom is -0.744 e. The van der Waals surface area contributed by atoms with E-state index in [0.29, 0.717) is 0 Å². The molecule has 0 radical (unpaired) electrons. The summed E-state index contributed by atoms with van der Waals surface area (Å²) in [6.07, 6.45) is 6.34. The summed E-state index contributed by atoms with van der Waals surface area (Å²) in [5.74, 6) is 0. The molecule has 0 saturated carbocycles. The molecule has 2 aromatic heterocycles. The van der Waals surface area contributed by atoms with Crippen molar-refractivity contribution in [3.63, 3.8) is 0 Å². The maximum atomic E-state index is 10.4. The maximum Gasteiger partial charge on any atom is 0.297 e. The largest absolute Gasteiger partial charge is 0.744 e. The molecule has 0 N–H and O–H groups in total. The van der Waals surface area contributed by atoms with E-state index in [1.807, 2.05) is 18.3 Å². The average Bonchev–Trinajstić information content (AvgIpc) is 3.03. The van der Waals surface area contributed by atoms with Gasteiger partial charge in [-0.1, -0.05) is 29.0 Å². The number of fused-ring (bicyclic) bond motifs is 1. The van der Waals surface area contributed by atoms with Crippen LogP contribution in [0.4, 0.5) is 0 Å². The van der Waals surface area contributed by atoms with Crippen molar-refractivity contribution in [3.05, 3.63) is 72.6 Å². The molecule has 0 amide bonds. The van der Waals surface area contributed by atoms with Crippen LogP contribution in [0.15, 0.2) is 76.2 Å². The predicted octanol–water partition coefficient (Wildman–Crippen LogP) is 3.84. The van der Waals surface area contributed by atoms with Crippen LogP contribution >= 0.6 is 23.1 Å². The van der Waals surface area contributed by atoms with Gasteiger partial charge in [0, 0.05) is 17.7 Å². The van der Waals surface area contributed by atoms with Crippen molar-refractivity contribution >= 4 is 43.4 Å². The molecule has 0 aliphatic carbocycles. The molecule has 0 fully saturated rings. The summed E-state index contributed by atoms with van der Waals surface area (Å²) >= 11 is 3.66. The summed E-state index contributed by atoms with van der Waals surface area (Å²) in [6.45, 7) is 1.82. The van der Waals surface area contributed by atoms with Gasteiger partial charge in [-0.25, -0.2) is 13.0 Å². The first kappa shape index (κ1) is 22.4. The molecule has 2 aromatic carbocycles. The van der Waals surface area contributed by atoms with Gasteiger partial charge in [-0.05, 0) is 60.8 Å². The van der Waals surface area contributed by atoms with E-state index >= 15 is 0 Å². The van der Waals surface area contributed by atoms with Crippen LogP contribution in [0.25, 0.3) is 21.3 Å². The summed E-state index contributed by atoms with van der Waals surface area (Å²) in [7, 11) is -0.0832. The Bertz CT molecular complexity index is 1280. The molecular weight excluding hydrogens is 436 g/mol. The summed E-state index contributed by atoms with van der Waals surface area (Å²) in [4.78, 5) is -0.178. The fourth-order valence-corrected chi connectivity index (χ4v) is 5.32. The van der Waals surface area contributed by atoms with Crippen LogP contribution in [-0.4, -0.2) is 19.2 Å². The van der Waals surface area contributed by atoms with Crippen molar-refractivity contribution < 1.29 is 22.1 Å². The van der Waals surface area contributed by atoms with Crippen molar-refractivity contribution in [2.45, 2.75) is 16.2 Å². The van der Waals surface area contributed by atoms with Gasteiger partial charge in [0.15, 0.2) is 12.4 Å². The zero-order chi connectivity index (χ0) is 21.9. The Morgan fingerprint density at radius 2 is 1.70 bits per heavy atom. The lowest BCUT2D eigenvalue weighted by atomic mass is 10.1. The molecule has 0 aliphatic rings. The third kappa shape index (κ3) is 5.26. The second-order valence-electron chi connectivity index (χ2n) is 6.84. The number of thiazole rings is 1. The number of aryl methyl sites for hydroxylation is 3. The maximum absolute atomic E-state index is 10.4. The van der Waals surface area contributed by atoms with Gasteiger partial charge in [0.25, 0.3) is 4.34 Å². The molecule has 4 rings (SSSR count). The van der Waals surface area contributed by atoms with E-state index in [1.165, 1.54) is 37.8 Å². The van der Waals surface area contributed by atoms with Crippen molar-refractivity contribution in [1.29, 1.82) is 0 Å². The monoisotopic (exact) mass is 459 g/mol. The second kappa shape index (κ2) is 9.26. The minimum atomic E-state index is -4.27. The van der Waals surface area contributed by atoms with Gasteiger partial charge in [0.2, 0.25) is 5.52 Å². The molecule has 0 atom stereocenters. The van der Waals surface area contributed by atoms with Gasteiger partial charge in [0.05, 0.1) is 4.90 Å². The lowest BCUT2D eigenvalue weighted by Gasteiger charge is -2.05. The molecule has 5 nitrogen and oxygen atoms in total. The van der Waals surface area contributed by atoms with E-state index in [2.05, 4.69) is 72.2 Å². The molecular formula is C22H23N2O3S3+. The van der Waals surface area contributed by atoms with Crippen LogP contribution in [0.1, 0.15) is 5.56 Å². The Kier molecular flexibility index (Phi) is 6.92. The smallest absolute Gasteiger partial charge is 0.297 e. The van der Waals surface area contributed by atoms with Gasteiger partial charge in [-0.15, -0.1) is 0 Å². The summed E-state index contributed by atoms with van der Waals surface area (Å²) in [5.41, 5.74) is 4.77. The highest BCUT2D eigenvalue weighted by atomic mass is 32.2. The fraction of sp³-hybridized carbons (Fsp3) is 0.182. The Balaban J connectivity index is 0.000000199. The van der Waals surface area contributed by atoms with E-state index in [9.17, 15) is 13.0 Å². The van der Waals surface area contributed by atoms with Crippen molar-refractivity contribution in [2.75, 3.05) is 6.26 Å². The lowest BCUT2D eigenvalue weighted by molar-refractivity contribution is -0.676. The van der Waals surface area contributed by atoms with E-state index in [1.54, 1.807) is 23.9 Å². The number of aromatic nitrogens is 2. The predicted molar refractivity (Wildman–Crippen MR) is 121 cm³/mol. The molecule has 0 bridgehead atoms. The van der Waals surface area contributed by atoms with Crippen LogP contribution in [0, 0.1) is 6.92 Å². The zero-order valence-electron chi connectivity index (χ0n) is 17.2. The Morgan fingerprint density at radius 3 is 2.30 bits per heavy atom. The Morgan fingerprint density at radius 1 is 1.00 bits per heavy atom. The third-order valence-electron chi connectivity index (χ3n) is 4.55. The van der Waals surface area contributed by atoms with Gasteiger partial charge in [-0.2, -0.15) is 4.57 Å². The number of rotatable bonds is 3. The van der Waals surface area contributed by atoms with Gasteiger partial charge in [-0.3, -0.25) is 0 Å². The van der Waals surface area contributed by atoms with E-state index in [4.69, 9.17) is 0 Å². The molecule has 0 saturated heterocycles. The van der Waals surface area contributed by atoms with E-state index in [0.717, 1.165) is 5.56 Å². The highest BCUT2D eigenvalue weighted by molar-refractivity contribution is 8.00. The van der Waals surface area contributed by atoms with Crippen LogP contribution in [0.5, 0.6) is 0 Å². The number of pyridine rings is 1. The summed E-state index contributed by atoms with van der Waals surface area (Å²) in [6, 6.07) is 16.7. The van der Waals surface area contributed by atoms with Crippen LogP contribution in [0.3, 0.4) is 0 Å². The fourth-order valence-electron chi connectivity index (χ4n) is 2.96. The number of hydrogen-bond acceptors (Lipinski definition) is 5. The highest BCUT2D eigenvalue weighted by Gasteiger charge is 2.16. The second-order valence-corrected chi connectivity index (χ2v) is 10.3. The topological polar surface area (TPSA) is 65.0 Å². The quantitative estimate of drug-likeness (QED) is 0.265. The standard InChI is InChI=1S/C15H16N2S2.C7H8O3S/c1-16-8-4-5-12(10-16)11-6-7-13-14(9-11)19-15(18-3)17(13)2;1-6-2-4-7(5-3-6)11(8,9)10/h4-10H,1-3H3;2-5H,1H3,(H,8,9,10)/q+2;/p-1. The molecule has 156 valence electrons. The number of hydrogen-bond donors (Lipinski definition) is 0. The van der Waals surface area contributed by atoms with Crippen LogP contribution in [-0.2, 0) is 24.2 Å². The lowest BCUT2D eigenvalue weighted by Crippen LogP contribution is -2.27.